The Kier molecular flexibility index (Phi) is 45.9. The molecule has 0 spiro atoms. The van der Waals surface area contributed by atoms with E-state index in [9.17, 15) is 0 Å². The van der Waals surface area contributed by atoms with E-state index in [4.69, 9.17) is 0 Å². The molecule has 0 heterocycles. The molecule has 0 aliphatic rings. The standard InChI is InChI=1S/C7H16.4CH4/c1-6(2)5-7(3)4;;;;/h6-7H,5H2,1-4H3;4*1H4. The SMILES string of the molecule is C.C.C.C.CC(C)CC(C)C. The predicted molar refractivity (Wildman–Crippen MR) is 61.2 cm³/mol. The molecule has 11 heavy (non-hydrogen) atoms. The zero-order chi connectivity index (χ0) is 5.86. The van der Waals surface area contributed by atoms with Crippen LogP contribution in [-0.4, -0.2) is 0 Å². The molecule has 0 unspecified atom stereocenters. The molecule has 0 saturated heterocycles. The molecule has 0 radical (unpaired) electrons. The second-order valence-electron chi connectivity index (χ2n) is 3.02. The van der Waals surface area contributed by atoms with Gasteiger partial charge in [-0.05, 0) is 18.3 Å². The van der Waals surface area contributed by atoms with E-state index in [1.165, 1.54) is 6.42 Å². The van der Waals surface area contributed by atoms with Crippen LogP contribution in [0.15, 0.2) is 0 Å². The Morgan fingerprint density at radius 1 is 0.636 bits per heavy atom. The molecule has 0 rings (SSSR count). The normalized spacial score (nSPS) is 7.09. The van der Waals surface area contributed by atoms with Crippen LogP contribution >= 0.6 is 0 Å². The summed E-state index contributed by atoms with van der Waals surface area (Å²) in [5.74, 6) is 1.75. The van der Waals surface area contributed by atoms with Gasteiger partial charge in [0.2, 0.25) is 0 Å². The van der Waals surface area contributed by atoms with E-state index in [1.807, 2.05) is 0 Å². The quantitative estimate of drug-likeness (QED) is 0.524. The highest BCUT2D eigenvalue weighted by Crippen LogP contribution is 2.08. The van der Waals surface area contributed by atoms with Crippen molar-refractivity contribution in [3.63, 3.8) is 0 Å². The van der Waals surface area contributed by atoms with Gasteiger partial charge in [0.25, 0.3) is 0 Å². The van der Waals surface area contributed by atoms with Crippen LogP contribution in [0.5, 0.6) is 0 Å². The predicted octanol–water partition coefficient (Wildman–Crippen LogP) is 5.23. The summed E-state index contributed by atoms with van der Waals surface area (Å²) < 4.78 is 0. The number of hydrogen-bond donors (Lipinski definition) is 0. The zero-order valence-electron chi connectivity index (χ0n) is 5.86. The maximum Gasteiger partial charge on any atom is -0.0469 e. The number of rotatable bonds is 2. The van der Waals surface area contributed by atoms with E-state index < -0.39 is 0 Å². The van der Waals surface area contributed by atoms with Crippen molar-refractivity contribution >= 4 is 0 Å². The van der Waals surface area contributed by atoms with Crippen molar-refractivity contribution in [3.05, 3.63) is 0 Å². The average molecular weight is 164 g/mol. The fraction of sp³-hybridized carbons (Fsp3) is 1.00. The Bertz CT molecular complexity index is 29.3. The highest BCUT2D eigenvalue weighted by Gasteiger charge is 1.95. The molecule has 0 fully saturated rings. The zero-order valence-corrected chi connectivity index (χ0v) is 5.86. The fourth-order valence-corrected chi connectivity index (χ4v) is 0.943. The van der Waals surface area contributed by atoms with E-state index in [2.05, 4.69) is 27.7 Å². The van der Waals surface area contributed by atoms with Crippen molar-refractivity contribution in [2.75, 3.05) is 0 Å². The van der Waals surface area contributed by atoms with Gasteiger partial charge in [0.15, 0.2) is 0 Å². The van der Waals surface area contributed by atoms with E-state index in [0.717, 1.165) is 11.8 Å². The van der Waals surface area contributed by atoms with E-state index in [1.54, 1.807) is 0 Å². The molecule has 0 heteroatoms. The summed E-state index contributed by atoms with van der Waals surface area (Å²) in [4.78, 5) is 0. The van der Waals surface area contributed by atoms with E-state index in [-0.39, 0.29) is 29.7 Å². The van der Waals surface area contributed by atoms with E-state index >= 15 is 0 Å². The highest BCUT2D eigenvalue weighted by atomic mass is 14.0. The minimum atomic E-state index is 0. The maximum absolute atomic E-state index is 2.26. The molecular weight excluding hydrogens is 132 g/mol. The number of hydrogen-bond acceptors (Lipinski definition) is 0. The summed E-state index contributed by atoms with van der Waals surface area (Å²) in [6.45, 7) is 9.06. The average Bonchev–Trinajstić information content (AvgIpc) is 1.27. The van der Waals surface area contributed by atoms with Crippen LogP contribution in [0, 0.1) is 11.8 Å². The molecule has 0 nitrogen and oxygen atoms in total. The Balaban J connectivity index is -0.0000000300. The van der Waals surface area contributed by atoms with Crippen LogP contribution in [0.3, 0.4) is 0 Å². The molecule has 0 atom stereocenters. The molecule has 0 aliphatic heterocycles. The van der Waals surface area contributed by atoms with Gasteiger partial charge in [0.05, 0.1) is 0 Å². The minimum absolute atomic E-state index is 0. The second-order valence-corrected chi connectivity index (χ2v) is 3.02. The molecule has 0 bridgehead atoms. The smallest absolute Gasteiger partial charge is 0.0469 e. The third kappa shape index (κ3) is 40.0. The van der Waals surface area contributed by atoms with Crippen LogP contribution in [0.1, 0.15) is 63.8 Å². The summed E-state index contributed by atoms with van der Waals surface area (Å²) >= 11 is 0. The first kappa shape index (κ1) is 30.6. The molecular formula is C11H32. The van der Waals surface area contributed by atoms with E-state index in [0.29, 0.717) is 0 Å². The molecule has 0 N–H and O–H groups in total. The van der Waals surface area contributed by atoms with Crippen molar-refractivity contribution in [3.8, 4) is 0 Å². The summed E-state index contributed by atoms with van der Waals surface area (Å²) in [5, 5.41) is 0. The molecule has 0 aromatic carbocycles. The lowest BCUT2D eigenvalue weighted by Gasteiger charge is -2.05. The summed E-state index contributed by atoms with van der Waals surface area (Å²) in [6, 6.07) is 0. The first-order valence-electron chi connectivity index (χ1n) is 3.13. The van der Waals surface area contributed by atoms with Crippen molar-refractivity contribution in [2.24, 2.45) is 11.8 Å². The Morgan fingerprint density at radius 3 is 0.818 bits per heavy atom. The van der Waals surface area contributed by atoms with Gasteiger partial charge in [0, 0.05) is 0 Å². The van der Waals surface area contributed by atoms with Crippen molar-refractivity contribution in [2.45, 2.75) is 63.8 Å². The van der Waals surface area contributed by atoms with Gasteiger partial charge in [-0.15, -0.1) is 0 Å². The monoisotopic (exact) mass is 164 g/mol. The van der Waals surface area contributed by atoms with Crippen LogP contribution in [0.4, 0.5) is 0 Å². The Morgan fingerprint density at radius 2 is 0.818 bits per heavy atom. The van der Waals surface area contributed by atoms with Crippen LogP contribution < -0.4 is 0 Å². The Labute approximate surface area is 76.4 Å². The lowest BCUT2D eigenvalue weighted by atomic mass is 10.0. The largest absolute Gasteiger partial charge is 0.0776 e. The summed E-state index contributed by atoms with van der Waals surface area (Å²) in [6.07, 6.45) is 1.36. The second kappa shape index (κ2) is 16.5. The van der Waals surface area contributed by atoms with Gasteiger partial charge >= 0.3 is 0 Å². The summed E-state index contributed by atoms with van der Waals surface area (Å²) in [7, 11) is 0. The van der Waals surface area contributed by atoms with Crippen LogP contribution in [0.25, 0.3) is 0 Å². The molecule has 0 saturated carbocycles. The van der Waals surface area contributed by atoms with Gasteiger partial charge in [0.1, 0.15) is 0 Å². The first-order valence-corrected chi connectivity index (χ1v) is 3.13. The summed E-state index contributed by atoms with van der Waals surface area (Å²) in [5.41, 5.74) is 0. The van der Waals surface area contributed by atoms with Gasteiger partial charge in [-0.1, -0.05) is 57.4 Å². The lowest BCUT2D eigenvalue weighted by molar-refractivity contribution is 0.469. The minimum Gasteiger partial charge on any atom is -0.0776 e. The molecule has 0 aromatic heterocycles. The van der Waals surface area contributed by atoms with Gasteiger partial charge < -0.3 is 0 Å². The molecule has 0 aliphatic carbocycles. The van der Waals surface area contributed by atoms with Crippen LogP contribution in [0.2, 0.25) is 0 Å². The topological polar surface area (TPSA) is 0 Å². The maximum atomic E-state index is 2.26. The van der Waals surface area contributed by atoms with Gasteiger partial charge in [-0.3, -0.25) is 0 Å². The highest BCUT2D eigenvalue weighted by molar-refractivity contribution is 4.47. The van der Waals surface area contributed by atoms with Gasteiger partial charge in [-0.2, -0.15) is 0 Å². The fourth-order valence-electron chi connectivity index (χ4n) is 0.943. The first-order chi connectivity index (χ1) is 3.13. The third-order valence-electron chi connectivity index (χ3n) is 0.943. The van der Waals surface area contributed by atoms with Gasteiger partial charge in [-0.25, -0.2) is 0 Å². The molecule has 0 amide bonds. The van der Waals surface area contributed by atoms with Crippen molar-refractivity contribution in [1.29, 1.82) is 0 Å². The van der Waals surface area contributed by atoms with Crippen molar-refractivity contribution in [1.82, 2.24) is 0 Å². The Hall–Kier alpha value is 0. The molecule has 76 valence electrons. The molecule has 0 aromatic rings. The lowest BCUT2D eigenvalue weighted by Crippen LogP contribution is -1.93. The third-order valence-corrected chi connectivity index (χ3v) is 0.943. The van der Waals surface area contributed by atoms with Crippen molar-refractivity contribution < 1.29 is 0 Å². The van der Waals surface area contributed by atoms with Crippen LogP contribution in [-0.2, 0) is 0 Å².